The van der Waals surface area contributed by atoms with E-state index >= 15 is 0 Å². The number of hydrogen-bond acceptors (Lipinski definition) is 3. The minimum Gasteiger partial charge on any atom is -0.379 e. The number of aliphatic hydroxyl groups is 1. The second-order valence-corrected chi connectivity index (χ2v) is 4.78. The van der Waals surface area contributed by atoms with Gasteiger partial charge >= 0.3 is 0 Å². The van der Waals surface area contributed by atoms with E-state index in [0.29, 0.717) is 6.04 Å². The summed E-state index contributed by atoms with van der Waals surface area (Å²) in [6.45, 7) is 8.33. The fourth-order valence-electron chi connectivity index (χ4n) is 1.40. The highest BCUT2D eigenvalue weighted by atomic mass is 16.3. The Balaban J connectivity index is 4.06. The zero-order valence-corrected chi connectivity index (χ0v) is 10.5. The van der Waals surface area contributed by atoms with Crippen molar-refractivity contribution in [3.63, 3.8) is 0 Å². The van der Waals surface area contributed by atoms with E-state index in [1.165, 1.54) is 0 Å². The molecular formula is C11H26N2O. The summed E-state index contributed by atoms with van der Waals surface area (Å²) in [6, 6.07) is 0.539. The molecule has 0 amide bonds. The zero-order valence-electron chi connectivity index (χ0n) is 10.5. The van der Waals surface area contributed by atoms with E-state index < -0.39 is 0 Å². The Morgan fingerprint density at radius 3 is 2.21 bits per heavy atom. The van der Waals surface area contributed by atoms with Gasteiger partial charge in [0.25, 0.3) is 0 Å². The van der Waals surface area contributed by atoms with E-state index in [1.807, 2.05) is 25.9 Å². The van der Waals surface area contributed by atoms with Crippen LogP contribution in [0.15, 0.2) is 0 Å². The van der Waals surface area contributed by atoms with Crippen LogP contribution in [-0.2, 0) is 0 Å². The lowest BCUT2D eigenvalue weighted by Crippen LogP contribution is -2.46. The van der Waals surface area contributed by atoms with Crippen molar-refractivity contribution in [2.24, 2.45) is 0 Å². The standard InChI is InChI=1S/C11H26N2O/c1-9(12-5)7-8-11(3,4)13(6)10(2)14/h9-10,12,14H,7-8H2,1-6H3. The molecule has 0 radical (unpaired) electrons. The lowest BCUT2D eigenvalue weighted by molar-refractivity contribution is -0.0296. The Morgan fingerprint density at radius 1 is 1.36 bits per heavy atom. The first-order valence-electron chi connectivity index (χ1n) is 5.39. The molecule has 2 atom stereocenters. The molecule has 0 spiro atoms. The molecule has 14 heavy (non-hydrogen) atoms. The summed E-state index contributed by atoms with van der Waals surface area (Å²) in [5, 5.41) is 12.7. The maximum absolute atomic E-state index is 9.49. The molecule has 0 saturated heterocycles. The van der Waals surface area contributed by atoms with Crippen LogP contribution in [0.2, 0.25) is 0 Å². The van der Waals surface area contributed by atoms with Gasteiger partial charge in [-0.15, -0.1) is 0 Å². The average Bonchev–Trinajstić information content (AvgIpc) is 2.12. The lowest BCUT2D eigenvalue weighted by Gasteiger charge is -2.38. The molecule has 2 unspecified atom stereocenters. The van der Waals surface area contributed by atoms with Crippen LogP contribution in [-0.4, -0.2) is 41.9 Å². The summed E-state index contributed by atoms with van der Waals surface area (Å²) >= 11 is 0. The molecule has 86 valence electrons. The van der Waals surface area contributed by atoms with Gasteiger partial charge in [-0.2, -0.15) is 0 Å². The third kappa shape index (κ3) is 4.40. The van der Waals surface area contributed by atoms with Crippen molar-refractivity contribution < 1.29 is 5.11 Å². The minimum absolute atomic E-state index is 0.0548. The van der Waals surface area contributed by atoms with Gasteiger partial charge < -0.3 is 10.4 Å². The van der Waals surface area contributed by atoms with E-state index in [-0.39, 0.29) is 11.8 Å². The molecule has 3 nitrogen and oxygen atoms in total. The van der Waals surface area contributed by atoms with Crippen LogP contribution in [0.25, 0.3) is 0 Å². The molecule has 0 bridgehead atoms. The SMILES string of the molecule is CNC(C)CCC(C)(C)N(C)C(C)O. The number of aliphatic hydroxyl groups excluding tert-OH is 1. The summed E-state index contributed by atoms with van der Waals surface area (Å²) in [6.07, 6.45) is 1.83. The highest BCUT2D eigenvalue weighted by Gasteiger charge is 2.26. The van der Waals surface area contributed by atoms with Crippen molar-refractivity contribution in [2.45, 2.75) is 58.3 Å². The smallest absolute Gasteiger partial charge is 0.104 e. The van der Waals surface area contributed by atoms with E-state index in [4.69, 9.17) is 0 Å². The van der Waals surface area contributed by atoms with Gasteiger partial charge in [-0.1, -0.05) is 0 Å². The van der Waals surface area contributed by atoms with Gasteiger partial charge in [-0.3, -0.25) is 4.90 Å². The van der Waals surface area contributed by atoms with Crippen molar-refractivity contribution in [1.29, 1.82) is 0 Å². The summed E-state index contributed by atoms with van der Waals surface area (Å²) in [5.74, 6) is 0. The van der Waals surface area contributed by atoms with Crippen molar-refractivity contribution in [3.05, 3.63) is 0 Å². The highest BCUT2D eigenvalue weighted by Crippen LogP contribution is 2.21. The Morgan fingerprint density at radius 2 is 1.86 bits per heavy atom. The van der Waals surface area contributed by atoms with Crippen molar-refractivity contribution in [2.75, 3.05) is 14.1 Å². The second-order valence-electron chi connectivity index (χ2n) is 4.78. The lowest BCUT2D eigenvalue weighted by atomic mass is 9.94. The summed E-state index contributed by atoms with van der Waals surface area (Å²) in [4.78, 5) is 2.01. The largest absolute Gasteiger partial charge is 0.379 e. The molecule has 3 heteroatoms. The molecule has 0 fully saturated rings. The topological polar surface area (TPSA) is 35.5 Å². The second kappa shape index (κ2) is 5.69. The van der Waals surface area contributed by atoms with Gasteiger partial charge in [-0.25, -0.2) is 0 Å². The molecule has 0 aliphatic heterocycles. The van der Waals surface area contributed by atoms with Gasteiger partial charge in [-0.05, 0) is 54.6 Å². The normalized spacial score (nSPS) is 17.1. The van der Waals surface area contributed by atoms with Crippen molar-refractivity contribution in [1.82, 2.24) is 10.2 Å². The van der Waals surface area contributed by atoms with E-state index in [1.54, 1.807) is 0 Å². The molecule has 0 aromatic carbocycles. The van der Waals surface area contributed by atoms with Crippen molar-refractivity contribution >= 4 is 0 Å². The van der Waals surface area contributed by atoms with Gasteiger partial charge in [0.1, 0.15) is 6.23 Å². The first kappa shape index (κ1) is 13.9. The molecule has 0 aromatic heterocycles. The van der Waals surface area contributed by atoms with E-state index in [2.05, 4.69) is 26.1 Å². The van der Waals surface area contributed by atoms with Crippen LogP contribution in [0.5, 0.6) is 0 Å². The molecule has 0 rings (SSSR count). The molecule has 2 N–H and O–H groups in total. The zero-order chi connectivity index (χ0) is 11.4. The first-order chi connectivity index (χ1) is 6.31. The Hall–Kier alpha value is -0.120. The average molecular weight is 202 g/mol. The van der Waals surface area contributed by atoms with Gasteiger partial charge in [0.05, 0.1) is 0 Å². The van der Waals surface area contributed by atoms with Crippen molar-refractivity contribution in [3.8, 4) is 0 Å². The van der Waals surface area contributed by atoms with Crippen LogP contribution in [0.4, 0.5) is 0 Å². The fraction of sp³-hybridized carbons (Fsp3) is 1.00. The Bertz CT molecular complexity index is 157. The molecule has 0 aliphatic rings. The van der Waals surface area contributed by atoms with Gasteiger partial charge in [0.15, 0.2) is 0 Å². The quantitative estimate of drug-likeness (QED) is 0.640. The number of rotatable bonds is 6. The van der Waals surface area contributed by atoms with Gasteiger partial charge in [0.2, 0.25) is 0 Å². The predicted molar refractivity (Wildman–Crippen MR) is 61.3 cm³/mol. The van der Waals surface area contributed by atoms with Crippen LogP contribution < -0.4 is 5.32 Å². The third-order valence-electron chi connectivity index (χ3n) is 3.20. The summed E-state index contributed by atoms with van der Waals surface area (Å²) < 4.78 is 0. The molecular weight excluding hydrogens is 176 g/mol. The van der Waals surface area contributed by atoms with Crippen LogP contribution in [0.3, 0.4) is 0 Å². The number of hydrogen-bond donors (Lipinski definition) is 2. The van der Waals surface area contributed by atoms with Crippen LogP contribution in [0, 0.1) is 0 Å². The molecule has 0 saturated carbocycles. The Kier molecular flexibility index (Phi) is 5.64. The van der Waals surface area contributed by atoms with Crippen LogP contribution >= 0.6 is 0 Å². The first-order valence-corrected chi connectivity index (χ1v) is 5.39. The van der Waals surface area contributed by atoms with Gasteiger partial charge in [0, 0.05) is 11.6 Å². The Labute approximate surface area is 88.5 Å². The summed E-state index contributed by atoms with van der Waals surface area (Å²) in [7, 11) is 3.95. The minimum atomic E-state index is -0.380. The maximum Gasteiger partial charge on any atom is 0.104 e. The predicted octanol–water partition coefficient (Wildman–Crippen LogP) is 1.42. The fourth-order valence-corrected chi connectivity index (χ4v) is 1.40. The highest BCUT2D eigenvalue weighted by molar-refractivity contribution is 4.81. The molecule has 0 aliphatic carbocycles. The monoisotopic (exact) mass is 202 g/mol. The molecule has 0 aromatic rings. The number of nitrogens with zero attached hydrogens (tertiary/aromatic N) is 1. The third-order valence-corrected chi connectivity index (χ3v) is 3.20. The molecule has 0 heterocycles. The number of nitrogens with one attached hydrogen (secondary N) is 1. The van der Waals surface area contributed by atoms with Crippen LogP contribution in [0.1, 0.15) is 40.5 Å². The van der Waals surface area contributed by atoms with E-state index in [9.17, 15) is 5.11 Å². The maximum atomic E-state index is 9.49. The summed E-state index contributed by atoms with van der Waals surface area (Å²) in [5.41, 5.74) is 0.0548. The van der Waals surface area contributed by atoms with E-state index in [0.717, 1.165) is 12.8 Å².